The molecule has 0 bridgehead atoms. The third-order valence-corrected chi connectivity index (χ3v) is 2.68. The quantitative estimate of drug-likeness (QED) is 0.338. The molecule has 0 unspecified atom stereocenters. The molecule has 82 valence electrons. The molecule has 15 heavy (non-hydrogen) atoms. The number of methoxy groups -OCH3 is 1. The van der Waals surface area contributed by atoms with Crippen molar-refractivity contribution in [3.8, 4) is 0 Å². The third kappa shape index (κ3) is 3.49. The predicted molar refractivity (Wildman–Crippen MR) is 55.7 cm³/mol. The number of nitro groups is 1. The molecular formula is C9H10FNO3S. The first-order valence-corrected chi connectivity index (χ1v) is 5.19. The lowest BCUT2D eigenvalue weighted by Crippen LogP contribution is -1.94. The molecule has 0 aliphatic rings. The van der Waals surface area contributed by atoms with Gasteiger partial charge in [0, 0.05) is 23.8 Å². The van der Waals surface area contributed by atoms with Crippen LogP contribution < -0.4 is 0 Å². The highest BCUT2D eigenvalue weighted by Crippen LogP contribution is 2.25. The number of benzene rings is 1. The molecule has 0 saturated carbocycles. The zero-order valence-corrected chi connectivity index (χ0v) is 8.92. The largest absolute Gasteiger partial charge is 0.384 e. The fraction of sp³-hybridized carbons (Fsp3) is 0.333. The van der Waals surface area contributed by atoms with E-state index in [9.17, 15) is 14.5 Å². The first-order valence-electron chi connectivity index (χ1n) is 4.21. The monoisotopic (exact) mass is 231 g/mol. The zero-order chi connectivity index (χ0) is 11.3. The average Bonchev–Trinajstić information content (AvgIpc) is 2.20. The summed E-state index contributed by atoms with van der Waals surface area (Å²) in [5.74, 6) is 0.0518. The van der Waals surface area contributed by atoms with E-state index in [1.807, 2.05) is 0 Å². The second-order valence-corrected chi connectivity index (χ2v) is 3.85. The molecule has 0 heterocycles. The van der Waals surface area contributed by atoms with Gasteiger partial charge in [-0.3, -0.25) is 10.1 Å². The van der Waals surface area contributed by atoms with Crippen molar-refractivity contribution in [2.24, 2.45) is 0 Å². The van der Waals surface area contributed by atoms with Gasteiger partial charge in [0.25, 0.3) is 5.69 Å². The Morgan fingerprint density at radius 3 is 2.87 bits per heavy atom. The Balaban J connectivity index is 2.70. The molecule has 0 atom stereocenters. The molecule has 4 nitrogen and oxygen atoms in total. The Kier molecular flexibility index (Phi) is 4.51. The van der Waals surface area contributed by atoms with Crippen molar-refractivity contribution in [2.45, 2.75) is 4.90 Å². The van der Waals surface area contributed by atoms with Gasteiger partial charge in [-0.2, -0.15) is 0 Å². The summed E-state index contributed by atoms with van der Waals surface area (Å²) in [7, 11) is 1.56. The van der Waals surface area contributed by atoms with Gasteiger partial charge in [-0.05, 0) is 6.07 Å². The number of hydrogen-bond acceptors (Lipinski definition) is 4. The number of halogens is 1. The van der Waals surface area contributed by atoms with Crippen LogP contribution in [0.4, 0.5) is 10.1 Å². The van der Waals surface area contributed by atoms with E-state index < -0.39 is 10.7 Å². The van der Waals surface area contributed by atoms with E-state index >= 15 is 0 Å². The highest BCUT2D eigenvalue weighted by molar-refractivity contribution is 7.99. The van der Waals surface area contributed by atoms with Crippen LogP contribution in [0.25, 0.3) is 0 Å². The maximum Gasteiger partial charge on any atom is 0.272 e. The molecule has 1 aromatic carbocycles. The van der Waals surface area contributed by atoms with Crippen molar-refractivity contribution in [3.63, 3.8) is 0 Å². The highest BCUT2D eigenvalue weighted by atomic mass is 32.2. The topological polar surface area (TPSA) is 52.4 Å². The van der Waals surface area contributed by atoms with Gasteiger partial charge in [0.1, 0.15) is 5.82 Å². The summed E-state index contributed by atoms with van der Waals surface area (Å²) in [4.78, 5) is 10.1. The molecule has 0 aliphatic carbocycles. The second kappa shape index (κ2) is 5.67. The van der Waals surface area contributed by atoms with Crippen molar-refractivity contribution in [2.75, 3.05) is 19.5 Å². The molecule has 0 radical (unpaired) electrons. The second-order valence-electron chi connectivity index (χ2n) is 2.71. The summed E-state index contributed by atoms with van der Waals surface area (Å²) in [6, 6.07) is 3.63. The van der Waals surface area contributed by atoms with Gasteiger partial charge in [0.15, 0.2) is 0 Å². The van der Waals surface area contributed by atoms with Crippen LogP contribution in [0.1, 0.15) is 0 Å². The van der Waals surface area contributed by atoms with E-state index in [4.69, 9.17) is 4.74 Å². The summed E-state index contributed by atoms with van der Waals surface area (Å²) >= 11 is 1.27. The summed E-state index contributed by atoms with van der Waals surface area (Å²) in [6.45, 7) is 0.515. The smallest absolute Gasteiger partial charge is 0.272 e. The standard InChI is InChI=1S/C9H10FNO3S/c1-14-4-5-15-9-3-2-7(11(12)13)6-8(9)10/h2-3,6H,4-5H2,1H3. The summed E-state index contributed by atoms with van der Waals surface area (Å²) in [5.41, 5.74) is -0.233. The van der Waals surface area contributed by atoms with Crippen LogP contribution in [0.3, 0.4) is 0 Å². The zero-order valence-electron chi connectivity index (χ0n) is 8.10. The van der Waals surface area contributed by atoms with Gasteiger partial charge in [-0.1, -0.05) is 0 Å². The molecule has 1 rings (SSSR count). The van der Waals surface area contributed by atoms with Crippen molar-refractivity contribution in [3.05, 3.63) is 34.1 Å². The number of non-ortho nitro benzene ring substituents is 1. The highest BCUT2D eigenvalue weighted by Gasteiger charge is 2.10. The van der Waals surface area contributed by atoms with E-state index in [1.165, 1.54) is 23.9 Å². The van der Waals surface area contributed by atoms with Crippen molar-refractivity contribution in [1.82, 2.24) is 0 Å². The molecule has 6 heteroatoms. The van der Waals surface area contributed by atoms with E-state index in [2.05, 4.69) is 0 Å². The van der Waals surface area contributed by atoms with Gasteiger partial charge in [0.05, 0.1) is 17.6 Å². The number of rotatable bonds is 5. The average molecular weight is 231 g/mol. The van der Waals surface area contributed by atoms with Gasteiger partial charge >= 0.3 is 0 Å². The van der Waals surface area contributed by atoms with Crippen molar-refractivity contribution < 1.29 is 14.1 Å². The molecule has 0 aromatic heterocycles. The third-order valence-electron chi connectivity index (χ3n) is 1.67. The molecule has 0 N–H and O–H groups in total. The van der Waals surface area contributed by atoms with Gasteiger partial charge < -0.3 is 4.74 Å². The fourth-order valence-corrected chi connectivity index (χ4v) is 1.79. The molecule has 1 aromatic rings. The normalized spacial score (nSPS) is 10.3. The van der Waals surface area contributed by atoms with E-state index in [1.54, 1.807) is 7.11 Å². The van der Waals surface area contributed by atoms with Crippen LogP contribution >= 0.6 is 11.8 Å². The SMILES string of the molecule is COCCSc1ccc([N+](=O)[O-])cc1F. The predicted octanol–water partition coefficient (Wildman–Crippen LogP) is 2.47. The van der Waals surface area contributed by atoms with Gasteiger partial charge in [-0.25, -0.2) is 4.39 Å². The Bertz CT molecular complexity index is 359. The minimum absolute atomic E-state index is 0.233. The first kappa shape index (κ1) is 11.9. The number of nitrogens with zero attached hydrogens (tertiary/aromatic N) is 1. The number of thioether (sulfide) groups is 1. The van der Waals surface area contributed by atoms with E-state index in [0.717, 1.165) is 6.07 Å². The summed E-state index contributed by atoms with van der Waals surface area (Å²) in [6.07, 6.45) is 0. The summed E-state index contributed by atoms with van der Waals surface area (Å²) in [5, 5.41) is 10.3. The van der Waals surface area contributed by atoms with Crippen LogP contribution in [0.2, 0.25) is 0 Å². The fourth-order valence-electron chi connectivity index (χ4n) is 0.955. The van der Waals surface area contributed by atoms with E-state index in [0.29, 0.717) is 17.3 Å². The number of hydrogen-bond donors (Lipinski definition) is 0. The lowest BCUT2D eigenvalue weighted by molar-refractivity contribution is -0.385. The van der Waals surface area contributed by atoms with Gasteiger partial charge in [0.2, 0.25) is 0 Å². The minimum atomic E-state index is -0.618. The minimum Gasteiger partial charge on any atom is -0.384 e. The Morgan fingerprint density at radius 1 is 1.60 bits per heavy atom. The van der Waals surface area contributed by atoms with Crippen LogP contribution in [-0.2, 0) is 4.74 Å². The molecule has 0 fully saturated rings. The van der Waals surface area contributed by atoms with Crippen LogP contribution in [0, 0.1) is 15.9 Å². The van der Waals surface area contributed by atoms with Crippen molar-refractivity contribution in [1.29, 1.82) is 0 Å². The Morgan fingerprint density at radius 2 is 2.33 bits per heavy atom. The van der Waals surface area contributed by atoms with E-state index in [-0.39, 0.29) is 5.69 Å². The number of nitro benzene ring substituents is 1. The van der Waals surface area contributed by atoms with Crippen LogP contribution in [0.15, 0.2) is 23.1 Å². The molecule has 0 spiro atoms. The van der Waals surface area contributed by atoms with Crippen molar-refractivity contribution >= 4 is 17.4 Å². The maximum atomic E-state index is 13.3. The lowest BCUT2D eigenvalue weighted by atomic mass is 10.3. The summed E-state index contributed by atoms with van der Waals surface area (Å²) < 4.78 is 18.1. The Hall–Kier alpha value is -1.14. The van der Waals surface area contributed by atoms with Crippen LogP contribution in [-0.4, -0.2) is 24.4 Å². The molecule has 0 saturated heterocycles. The molecular weight excluding hydrogens is 221 g/mol. The first-order chi connectivity index (χ1) is 7.15. The van der Waals surface area contributed by atoms with Crippen LogP contribution in [0.5, 0.6) is 0 Å². The molecule has 0 amide bonds. The molecule has 0 aliphatic heterocycles. The lowest BCUT2D eigenvalue weighted by Gasteiger charge is -2.02. The Labute approximate surface area is 90.6 Å². The van der Waals surface area contributed by atoms with Gasteiger partial charge in [-0.15, -0.1) is 11.8 Å². The number of ether oxygens (including phenoxy) is 1. The maximum absolute atomic E-state index is 13.3.